The SMILES string of the molecule is COc1ccc([N+](=O)[O-])cc1N1C(=O)[C@@H]2[C@H](C1=O)[C@@H](C(=O)c1ccc(Cl)cc1)N1C=CC(C(=O)c3ccccc3)=C[C@H]21. The Bertz CT molecular complexity index is 1720. The Hall–Kier alpha value is -5.09. The summed E-state index contributed by atoms with van der Waals surface area (Å²) in [6, 6.07) is 16.5. The summed E-state index contributed by atoms with van der Waals surface area (Å²) >= 11 is 6.03. The number of nitro benzene ring substituents is 1. The van der Waals surface area contributed by atoms with E-state index in [1.807, 2.05) is 0 Å². The maximum Gasteiger partial charge on any atom is 0.271 e. The summed E-state index contributed by atoms with van der Waals surface area (Å²) < 4.78 is 5.34. The van der Waals surface area contributed by atoms with Gasteiger partial charge in [-0.25, -0.2) is 4.90 Å². The lowest BCUT2D eigenvalue weighted by Crippen LogP contribution is -2.46. The number of non-ortho nitro benzene ring substituents is 1. The number of anilines is 1. The van der Waals surface area contributed by atoms with Crippen molar-refractivity contribution in [1.82, 2.24) is 4.90 Å². The number of nitro groups is 1. The summed E-state index contributed by atoms with van der Waals surface area (Å²) in [5.74, 6) is -4.13. The van der Waals surface area contributed by atoms with Crippen LogP contribution < -0.4 is 9.64 Å². The minimum Gasteiger partial charge on any atom is -0.495 e. The van der Waals surface area contributed by atoms with Gasteiger partial charge in [-0.2, -0.15) is 0 Å². The van der Waals surface area contributed by atoms with Crippen molar-refractivity contribution in [3.05, 3.63) is 123 Å². The van der Waals surface area contributed by atoms with Crippen molar-refractivity contribution >= 4 is 46.4 Å². The second-order valence-corrected chi connectivity index (χ2v) is 10.5. The Morgan fingerprint density at radius 3 is 2.29 bits per heavy atom. The molecule has 3 aromatic carbocycles. The van der Waals surface area contributed by atoms with Crippen LogP contribution in [0.2, 0.25) is 5.02 Å². The molecule has 0 spiro atoms. The van der Waals surface area contributed by atoms with Crippen molar-refractivity contribution < 1.29 is 28.8 Å². The van der Waals surface area contributed by atoms with Crippen molar-refractivity contribution in [3.8, 4) is 5.75 Å². The van der Waals surface area contributed by atoms with E-state index < -0.39 is 46.4 Å². The third kappa shape index (κ3) is 4.27. The topological polar surface area (TPSA) is 127 Å². The monoisotopic (exact) mass is 583 g/mol. The average molecular weight is 584 g/mol. The van der Waals surface area contributed by atoms with E-state index in [1.54, 1.807) is 77.8 Å². The van der Waals surface area contributed by atoms with E-state index in [0.717, 1.165) is 11.0 Å². The highest BCUT2D eigenvalue weighted by atomic mass is 35.5. The molecule has 0 radical (unpaired) electrons. The minimum atomic E-state index is -1.14. The Morgan fingerprint density at radius 1 is 0.929 bits per heavy atom. The minimum absolute atomic E-state index is 0.0822. The largest absolute Gasteiger partial charge is 0.495 e. The van der Waals surface area contributed by atoms with Crippen molar-refractivity contribution in [2.75, 3.05) is 12.0 Å². The fourth-order valence-corrected chi connectivity index (χ4v) is 6.07. The lowest BCUT2D eigenvalue weighted by atomic mass is 9.85. The highest BCUT2D eigenvalue weighted by molar-refractivity contribution is 6.30. The van der Waals surface area contributed by atoms with Crippen LogP contribution in [-0.2, 0) is 9.59 Å². The molecule has 4 atom stereocenters. The zero-order valence-corrected chi connectivity index (χ0v) is 22.8. The van der Waals surface area contributed by atoms with Gasteiger partial charge < -0.3 is 9.64 Å². The quantitative estimate of drug-likeness (QED) is 0.170. The number of hydrogen-bond acceptors (Lipinski definition) is 8. The lowest BCUT2D eigenvalue weighted by Gasteiger charge is -2.33. The number of rotatable bonds is 7. The number of carbonyl (C=O) groups excluding carboxylic acids is 4. The predicted octanol–water partition coefficient (Wildman–Crippen LogP) is 4.63. The van der Waals surface area contributed by atoms with Crippen LogP contribution in [0, 0.1) is 22.0 Å². The molecule has 11 heteroatoms. The molecule has 3 heterocycles. The molecular formula is C31H22ClN3O7. The number of benzene rings is 3. The number of amides is 2. The number of carbonyl (C=O) groups is 4. The molecule has 0 bridgehead atoms. The van der Waals surface area contributed by atoms with Crippen molar-refractivity contribution in [1.29, 1.82) is 0 Å². The van der Waals surface area contributed by atoms with Gasteiger partial charge in [0.2, 0.25) is 11.8 Å². The maximum absolute atomic E-state index is 14.1. The third-order valence-electron chi connectivity index (χ3n) is 7.86. The molecular weight excluding hydrogens is 562 g/mol. The van der Waals surface area contributed by atoms with Crippen LogP contribution in [0.15, 0.2) is 96.7 Å². The van der Waals surface area contributed by atoms with Crippen LogP contribution in [-0.4, -0.2) is 52.4 Å². The molecule has 3 aliphatic heterocycles. The van der Waals surface area contributed by atoms with Gasteiger partial charge in [-0.1, -0.05) is 48.0 Å². The molecule has 6 rings (SSSR count). The van der Waals surface area contributed by atoms with Gasteiger partial charge in [0.1, 0.15) is 17.5 Å². The fraction of sp³-hybridized carbons (Fsp3) is 0.161. The summed E-state index contributed by atoms with van der Waals surface area (Å²) in [7, 11) is 1.32. The van der Waals surface area contributed by atoms with Gasteiger partial charge in [0.25, 0.3) is 5.69 Å². The first-order valence-corrected chi connectivity index (χ1v) is 13.4. The molecule has 42 heavy (non-hydrogen) atoms. The van der Waals surface area contributed by atoms with Crippen molar-refractivity contribution in [2.45, 2.75) is 12.1 Å². The van der Waals surface area contributed by atoms with Gasteiger partial charge in [0.15, 0.2) is 11.6 Å². The second kappa shape index (κ2) is 10.4. The van der Waals surface area contributed by atoms with Gasteiger partial charge in [-0.15, -0.1) is 0 Å². The molecule has 2 amide bonds. The number of nitrogens with zero attached hydrogens (tertiary/aromatic N) is 3. The van der Waals surface area contributed by atoms with Gasteiger partial charge >= 0.3 is 0 Å². The van der Waals surface area contributed by atoms with Crippen molar-refractivity contribution in [2.24, 2.45) is 11.8 Å². The van der Waals surface area contributed by atoms with Crippen LogP contribution >= 0.6 is 11.6 Å². The lowest BCUT2D eigenvalue weighted by molar-refractivity contribution is -0.384. The van der Waals surface area contributed by atoms with E-state index in [1.165, 1.54) is 19.2 Å². The van der Waals surface area contributed by atoms with Gasteiger partial charge in [-0.05, 0) is 36.4 Å². The molecule has 10 nitrogen and oxygen atoms in total. The Morgan fingerprint density at radius 2 is 1.62 bits per heavy atom. The molecule has 3 aromatic rings. The van der Waals surface area contributed by atoms with E-state index in [4.69, 9.17) is 16.3 Å². The van der Waals surface area contributed by atoms with Gasteiger partial charge in [0, 0.05) is 40.1 Å². The van der Waals surface area contributed by atoms with E-state index in [2.05, 4.69) is 0 Å². The highest BCUT2D eigenvalue weighted by Crippen LogP contribution is 2.49. The highest BCUT2D eigenvalue weighted by Gasteiger charge is 2.64. The van der Waals surface area contributed by atoms with Gasteiger partial charge in [-0.3, -0.25) is 29.3 Å². The first kappa shape index (κ1) is 27.1. The predicted molar refractivity (Wildman–Crippen MR) is 152 cm³/mol. The molecule has 0 aliphatic carbocycles. The first-order chi connectivity index (χ1) is 20.2. The number of halogens is 1. The molecule has 2 saturated heterocycles. The number of ether oxygens (including phenoxy) is 1. The summed E-state index contributed by atoms with van der Waals surface area (Å²) in [4.78, 5) is 68.8. The number of fused-ring (bicyclic) bond motifs is 3. The van der Waals surface area contributed by atoms with Gasteiger partial charge in [0.05, 0.1) is 29.9 Å². The Balaban J connectivity index is 1.46. The van der Waals surface area contributed by atoms with Crippen LogP contribution in [0.4, 0.5) is 11.4 Å². The number of methoxy groups -OCH3 is 1. The van der Waals surface area contributed by atoms with Crippen LogP contribution in [0.1, 0.15) is 20.7 Å². The van der Waals surface area contributed by atoms with Crippen LogP contribution in [0.5, 0.6) is 5.75 Å². The summed E-state index contributed by atoms with van der Waals surface area (Å²) in [5, 5.41) is 11.9. The van der Waals surface area contributed by atoms with E-state index in [-0.39, 0.29) is 22.9 Å². The molecule has 3 aliphatic rings. The number of ketones is 2. The third-order valence-corrected chi connectivity index (χ3v) is 8.11. The molecule has 210 valence electrons. The zero-order valence-electron chi connectivity index (χ0n) is 22.0. The second-order valence-electron chi connectivity index (χ2n) is 10.1. The van der Waals surface area contributed by atoms with Crippen LogP contribution in [0.25, 0.3) is 0 Å². The normalized spacial score (nSPS) is 22.5. The molecule has 2 fully saturated rings. The molecule has 0 unspecified atom stereocenters. The van der Waals surface area contributed by atoms with E-state index in [9.17, 15) is 29.3 Å². The summed E-state index contributed by atoms with van der Waals surface area (Å²) in [6.07, 6.45) is 4.77. The van der Waals surface area contributed by atoms with E-state index in [0.29, 0.717) is 21.7 Å². The first-order valence-electron chi connectivity index (χ1n) is 13.0. The van der Waals surface area contributed by atoms with Crippen molar-refractivity contribution in [3.63, 3.8) is 0 Å². The average Bonchev–Trinajstić information content (AvgIpc) is 3.48. The Kier molecular flexibility index (Phi) is 6.70. The summed E-state index contributed by atoms with van der Waals surface area (Å²) in [5.41, 5.74) is 0.625. The maximum atomic E-state index is 14.1. The number of imide groups is 1. The zero-order chi connectivity index (χ0) is 29.7. The molecule has 0 aromatic heterocycles. The number of Topliss-reactive ketones (excluding diaryl/α,β-unsaturated/α-hetero) is 2. The van der Waals surface area contributed by atoms with Crippen LogP contribution in [0.3, 0.4) is 0 Å². The van der Waals surface area contributed by atoms with E-state index >= 15 is 0 Å². The number of hydrogen-bond donors (Lipinski definition) is 0. The smallest absolute Gasteiger partial charge is 0.271 e. The fourth-order valence-electron chi connectivity index (χ4n) is 5.94. The summed E-state index contributed by atoms with van der Waals surface area (Å²) in [6.45, 7) is 0. The molecule has 0 saturated carbocycles. The molecule has 0 N–H and O–H groups in total. The number of allylic oxidation sites excluding steroid dienone is 2. The standard InChI is InChI=1S/C31H22ClN3O7/c1-42-24-12-11-21(35(40)41)16-22(24)34-30(38)25-23-15-19(28(36)17-5-3-2-4-6-17)13-14-33(23)27(26(25)31(34)39)29(37)18-7-9-20(32)10-8-18/h2-16,23,25-27H,1H3/t23-,25+,26+,27+/m1/s1. The Labute approximate surface area is 244 Å².